The van der Waals surface area contributed by atoms with Crippen molar-refractivity contribution >= 4 is 17.5 Å². The molecule has 0 saturated heterocycles. The number of hydrogen-bond donors (Lipinski definition) is 0. The first-order valence-electron chi connectivity index (χ1n) is 7.27. The quantitative estimate of drug-likeness (QED) is 0.801. The van der Waals surface area contributed by atoms with Crippen molar-refractivity contribution in [1.29, 1.82) is 0 Å². The monoisotopic (exact) mass is 339 g/mol. The Morgan fingerprint density at radius 1 is 1.30 bits per heavy atom. The first-order chi connectivity index (χ1) is 10.8. The predicted octanol–water partition coefficient (Wildman–Crippen LogP) is 1.60. The van der Waals surface area contributed by atoms with Crippen LogP contribution in [-0.2, 0) is 36.7 Å². The van der Waals surface area contributed by atoms with E-state index in [0.29, 0.717) is 23.8 Å². The summed E-state index contributed by atoms with van der Waals surface area (Å²) in [6.07, 6.45) is 1.72. The number of nitrogens with zero attached hydrogens (tertiary/aromatic N) is 5. The van der Waals surface area contributed by atoms with Gasteiger partial charge >= 0.3 is 0 Å². The number of rotatable bonds is 6. The molecule has 0 atom stereocenters. The lowest BCUT2D eigenvalue weighted by Gasteiger charge is -2.22. The van der Waals surface area contributed by atoms with E-state index in [1.54, 1.807) is 22.8 Å². The van der Waals surface area contributed by atoms with Crippen LogP contribution in [0.3, 0.4) is 0 Å². The Hall–Kier alpha value is -1.86. The first-order valence-corrected chi connectivity index (χ1v) is 7.65. The van der Waals surface area contributed by atoms with Gasteiger partial charge in [0, 0.05) is 45.2 Å². The summed E-state index contributed by atoms with van der Waals surface area (Å²) < 4.78 is 8.44. The third kappa shape index (κ3) is 3.92. The van der Waals surface area contributed by atoms with Crippen molar-refractivity contribution in [1.82, 2.24) is 24.5 Å². The van der Waals surface area contributed by atoms with Crippen molar-refractivity contribution in [2.75, 3.05) is 13.7 Å². The molecule has 0 aliphatic rings. The van der Waals surface area contributed by atoms with E-state index in [4.69, 9.17) is 16.3 Å². The fraction of sp³-hybridized carbons (Fsp3) is 0.533. The van der Waals surface area contributed by atoms with Gasteiger partial charge in [-0.3, -0.25) is 14.2 Å². The van der Waals surface area contributed by atoms with Gasteiger partial charge in [-0.05, 0) is 13.8 Å². The molecule has 2 rings (SSSR count). The predicted molar refractivity (Wildman–Crippen MR) is 87.0 cm³/mol. The smallest absolute Gasteiger partial charge is 0.249 e. The molecule has 2 aromatic heterocycles. The Bertz CT molecular complexity index is 707. The Morgan fingerprint density at radius 3 is 2.48 bits per heavy atom. The van der Waals surface area contributed by atoms with Crippen LogP contribution >= 0.6 is 11.6 Å². The molecular formula is C15H22ClN5O2. The molecule has 0 unspecified atom stereocenters. The molecule has 0 bridgehead atoms. The summed E-state index contributed by atoms with van der Waals surface area (Å²) in [5.74, 6) is -0.114. The minimum absolute atomic E-state index is 0.0167. The Labute approximate surface area is 140 Å². The zero-order valence-electron chi connectivity index (χ0n) is 14.1. The van der Waals surface area contributed by atoms with E-state index in [2.05, 4.69) is 10.2 Å². The number of amides is 1. The van der Waals surface area contributed by atoms with Crippen molar-refractivity contribution in [2.45, 2.75) is 26.9 Å². The number of halogens is 1. The Kier molecular flexibility index (Phi) is 5.43. The van der Waals surface area contributed by atoms with Gasteiger partial charge in [-0.1, -0.05) is 11.6 Å². The molecule has 0 saturated carbocycles. The Morgan fingerprint density at radius 2 is 2.00 bits per heavy atom. The summed E-state index contributed by atoms with van der Waals surface area (Å²) in [6.45, 7) is 4.72. The lowest BCUT2D eigenvalue weighted by molar-refractivity contribution is -0.136. The molecule has 0 spiro atoms. The van der Waals surface area contributed by atoms with Gasteiger partial charge in [0.15, 0.2) is 0 Å². The second-order valence-electron chi connectivity index (χ2n) is 5.55. The van der Waals surface area contributed by atoms with E-state index in [9.17, 15) is 4.79 Å². The third-order valence-corrected chi connectivity index (χ3v) is 4.14. The van der Waals surface area contributed by atoms with Crippen LogP contribution < -0.4 is 0 Å². The van der Waals surface area contributed by atoms with Crippen LogP contribution in [0.15, 0.2) is 6.20 Å². The molecule has 23 heavy (non-hydrogen) atoms. The molecule has 0 aliphatic heterocycles. The van der Waals surface area contributed by atoms with Crippen molar-refractivity contribution in [3.63, 3.8) is 0 Å². The molecule has 8 heteroatoms. The van der Waals surface area contributed by atoms with Gasteiger partial charge in [-0.2, -0.15) is 10.2 Å². The molecule has 0 aromatic carbocycles. The van der Waals surface area contributed by atoms with Crippen molar-refractivity contribution in [3.05, 3.63) is 33.9 Å². The van der Waals surface area contributed by atoms with Gasteiger partial charge in [0.1, 0.15) is 12.3 Å². The van der Waals surface area contributed by atoms with Crippen LogP contribution in [0.5, 0.6) is 0 Å². The van der Waals surface area contributed by atoms with Gasteiger partial charge in [0.05, 0.1) is 17.3 Å². The van der Waals surface area contributed by atoms with E-state index in [1.165, 1.54) is 7.11 Å². The van der Waals surface area contributed by atoms with Crippen LogP contribution in [0.25, 0.3) is 0 Å². The standard InChI is InChI=1S/C15H22ClN5O2/c1-10-12(11(2)20(4)17-10)6-21(15(22)9-23-5)8-14-13(16)7-19(3)18-14/h7H,6,8-9H2,1-5H3. The highest BCUT2D eigenvalue weighted by Gasteiger charge is 2.21. The lowest BCUT2D eigenvalue weighted by atomic mass is 10.1. The molecule has 0 N–H and O–H groups in total. The minimum atomic E-state index is -0.114. The summed E-state index contributed by atoms with van der Waals surface area (Å²) in [6, 6.07) is 0. The highest BCUT2D eigenvalue weighted by Crippen LogP contribution is 2.20. The van der Waals surface area contributed by atoms with Crippen LogP contribution in [0.1, 0.15) is 22.6 Å². The molecule has 1 amide bonds. The van der Waals surface area contributed by atoms with E-state index < -0.39 is 0 Å². The maximum atomic E-state index is 12.4. The molecule has 0 radical (unpaired) electrons. The highest BCUT2D eigenvalue weighted by atomic mass is 35.5. The molecular weight excluding hydrogens is 318 g/mol. The molecule has 7 nitrogen and oxygen atoms in total. The number of aromatic nitrogens is 4. The number of carbonyl (C=O) groups excluding carboxylic acids is 1. The van der Waals surface area contributed by atoms with Crippen LogP contribution in [0, 0.1) is 13.8 Å². The van der Waals surface area contributed by atoms with Gasteiger partial charge < -0.3 is 9.64 Å². The zero-order chi connectivity index (χ0) is 17.1. The SMILES string of the molecule is COCC(=O)N(Cc1nn(C)cc1Cl)Cc1c(C)nn(C)c1C. The largest absolute Gasteiger partial charge is 0.375 e. The summed E-state index contributed by atoms with van der Waals surface area (Å²) in [4.78, 5) is 14.1. The maximum absolute atomic E-state index is 12.4. The molecule has 2 heterocycles. The number of hydrogen-bond acceptors (Lipinski definition) is 4. The summed E-state index contributed by atoms with van der Waals surface area (Å²) >= 11 is 6.17. The number of carbonyl (C=O) groups is 1. The van der Waals surface area contributed by atoms with Crippen LogP contribution in [0.2, 0.25) is 5.02 Å². The second-order valence-corrected chi connectivity index (χ2v) is 5.96. The minimum Gasteiger partial charge on any atom is -0.375 e. The average molecular weight is 340 g/mol. The Balaban J connectivity index is 2.27. The van der Waals surface area contributed by atoms with Crippen molar-refractivity contribution in [2.24, 2.45) is 14.1 Å². The molecule has 2 aromatic rings. The van der Waals surface area contributed by atoms with Crippen molar-refractivity contribution < 1.29 is 9.53 Å². The van der Waals surface area contributed by atoms with Gasteiger partial charge in [0.2, 0.25) is 5.91 Å². The third-order valence-electron chi connectivity index (χ3n) is 3.82. The van der Waals surface area contributed by atoms with Crippen molar-refractivity contribution in [3.8, 4) is 0 Å². The summed E-state index contributed by atoms with van der Waals surface area (Å²) in [7, 11) is 5.19. The normalized spacial score (nSPS) is 11.0. The topological polar surface area (TPSA) is 65.2 Å². The fourth-order valence-corrected chi connectivity index (χ4v) is 2.72. The molecule has 126 valence electrons. The average Bonchev–Trinajstić information content (AvgIpc) is 2.91. The highest BCUT2D eigenvalue weighted by molar-refractivity contribution is 6.31. The van der Waals surface area contributed by atoms with E-state index >= 15 is 0 Å². The fourth-order valence-electron chi connectivity index (χ4n) is 2.48. The number of aryl methyl sites for hydroxylation is 3. The van der Waals surface area contributed by atoms with E-state index in [-0.39, 0.29) is 12.5 Å². The van der Waals surface area contributed by atoms with Crippen LogP contribution in [0.4, 0.5) is 0 Å². The summed E-state index contributed by atoms with van der Waals surface area (Å²) in [5, 5.41) is 9.26. The molecule has 0 aliphatic carbocycles. The maximum Gasteiger partial charge on any atom is 0.249 e. The number of methoxy groups -OCH3 is 1. The van der Waals surface area contributed by atoms with Gasteiger partial charge in [-0.25, -0.2) is 0 Å². The lowest BCUT2D eigenvalue weighted by Crippen LogP contribution is -2.33. The zero-order valence-corrected chi connectivity index (χ0v) is 14.9. The van der Waals surface area contributed by atoms with E-state index in [0.717, 1.165) is 17.0 Å². The second kappa shape index (κ2) is 7.14. The van der Waals surface area contributed by atoms with Crippen LogP contribution in [-0.4, -0.2) is 44.1 Å². The van der Waals surface area contributed by atoms with Gasteiger partial charge in [-0.15, -0.1) is 0 Å². The number of ether oxygens (including phenoxy) is 1. The first kappa shape index (κ1) is 17.5. The summed E-state index contributed by atoms with van der Waals surface area (Å²) in [5.41, 5.74) is 3.64. The molecule has 0 fully saturated rings. The van der Waals surface area contributed by atoms with E-state index in [1.807, 2.05) is 25.6 Å². The van der Waals surface area contributed by atoms with Gasteiger partial charge in [0.25, 0.3) is 0 Å².